The molecular formula is C31H49N5O. The first-order valence-electron chi connectivity index (χ1n) is 12.9. The van der Waals surface area contributed by atoms with Crippen LogP contribution in [0.15, 0.2) is 92.2 Å². The van der Waals surface area contributed by atoms with Gasteiger partial charge in [-0.3, -0.25) is 0 Å². The van der Waals surface area contributed by atoms with Crippen LogP contribution in [0, 0.1) is 6.92 Å². The monoisotopic (exact) mass is 507 g/mol. The average molecular weight is 508 g/mol. The number of hydrogen-bond acceptors (Lipinski definition) is 6. The highest BCUT2D eigenvalue weighted by Crippen LogP contribution is 2.20. The third kappa shape index (κ3) is 12.3. The second-order valence-corrected chi connectivity index (χ2v) is 9.35. The van der Waals surface area contributed by atoms with E-state index in [0.717, 1.165) is 78.3 Å². The Morgan fingerprint density at radius 3 is 2.03 bits per heavy atom. The lowest BCUT2D eigenvalue weighted by Crippen LogP contribution is -2.35. The predicted octanol–water partition coefficient (Wildman–Crippen LogP) is 5.20. The molecule has 0 aliphatic carbocycles. The molecule has 0 radical (unpaired) electrons. The molecule has 0 saturated heterocycles. The molecule has 2 atom stereocenters. The van der Waals surface area contributed by atoms with Gasteiger partial charge in [0.15, 0.2) is 0 Å². The van der Waals surface area contributed by atoms with Crippen molar-refractivity contribution in [1.82, 2.24) is 26.6 Å². The summed E-state index contributed by atoms with van der Waals surface area (Å²) < 4.78 is 6.09. The molecule has 0 aliphatic heterocycles. The van der Waals surface area contributed by atoms with Gasteiger partial charge in [0.25, 0.3) is 0 Å². The van der Waals surface area contributed by atoms with Gasteiger partial charge in [-0.05, 0) is 68.7 Å². The van der Waals surface area contributed by atoms with Crippen molar-refractivity contribution >= 4 is 0 Å². The summed E-state index contributed by atoms with van der Waals surface area (Å²) in [5.41, 5.74) is 7.01. The molecule has 0 spiro atoms. The molecule has 1 aromatic rings. The van der Waals surface area contributed by atoms with Crippen LogP contribution >= 0.6 is 0 Å². The minimum Gasteiger partial charge on any atom is -0.487 e. The van der Waals surface area contributed by atoms with E-state index in [1.807, 2.05) is 33.3 Å². The van der Waals surface area contributed by atoms with Crippen LogP contribution in [0.25, 0.3) is 0 Å². The van der Waals surface area contributed by atoms with Crippen molar-refractivity contribution in [3.05, 3.63) is 103 Å². The fraction of sp³-hybridized carbons (Fsp3) is 0.419. The van der Waals surface area contributed by atoms with Gasteiger partial charge >= 0.3 is 0 Å². The largest absolute Gasteiger partial charge is 0.487 e. The van der Waals surface area contributed by atoms with Gasteiger partial charge in [0, 0.05) is 49.6 Å². The summed E-state index contributed by atoms with van der Waals surface area (Å²) in [5.74, 6) is 0.832. The van der Waals surface area contributed by atoms with Crippen molar-refractivity contribution in [2.24, 2.45) is 0 Å². The van der Waals surface area contributed by atoms with Gasteiger partial charge in [0.2, 0.25) is 0 Å². The van der Waals surface area contributed by atoms with E-state index in [1.165, 1.54) is 5.56 Å². The molecule has 0 aromatic heterocycles. The van der Waals surface area contributed by atoms with Crippen LogP contribution in [-0.4, -0.2) is 39.8 Å². The third-order valence-electron chi connectivity index (χ3n) is 6.23. The number of nitrogens with one attached hydrogen (secondary N) is 5. The maximum atomic E-state index is 6.09. The molecule has 1 rings (SSSR count). The lowest BCUT2D eigenvalue weighted by atomic mass is 10.0. The summed E-state index contributed by atoms with van der Waals surface area (Å²) in [6.45, 7) is 26.9. The Bertz CT molecular complexity index is 949. The molecule has 204 valence electrons. The number of aryl methyl sites for hydroxylation is 2. The molecular weight excluding hydrogens is 458 g/mol. The van der Waals surface area contributed by atoms with Crippen molar-refractivity contribution < 1.29 is 4.74 Å². The van der Waals surface area contributed by atoms with Crippen molar-refractivity contribution in [3.63, 3.8) is 0 Å². The zero-order valence-corrected chi connectivity index (χ0v) is 23.6. The maximum Gasteiger partial charge on any atom is 0.127 e. The molecule has 6 nitrogen and oxygen atoms in total. The first-order chi connectivity index (χ1) is 17.6. The quantitative estimate of drug-likeness (QED) is 0.147. The maximum absolute atomic E-state index is 6.09. The van der Waals surface area contributed by atoms with Crippen LogP contribution in [0.5, 0.6) is 5.75 Å². The summed E-state index contributed by atoms with van der Waals surface area (Å²) in [5, 5.41) is 16.4. The van der Waals surface area contributed by atoms with E-state index in [9.17, 15) is 0 Å². The summed E-state index contributed by atoms with van der Waals surface area (Å²) in [6, 6.07) is 6.50. The zero-order valence-electron chi connectivity index (χ0n) is 23.6. The molecule has 0 aliphatic rings. The molecule has 37 heavy (non-hydrogen) atoms. The Balaban J connectivity index is 2.69. The molecule has 2 unspecified atom stereocenters. The van der Waals surface area contributed by atoms with E-state index in [2.05, 4.69) is 85.1 Å². The van der Waals surface area contributed by atoms with Crippen LogP contribution in [0.3, 0.4) is 0 Å². The minimum atomic E-state index is 0.0739. The molecule has 0 heterocycles. The van der Waals surface area contributed by atoms with E-state index >= 15 is 0 Å². The second-order valence-electron chi connectivity index (χ2n) is 9.35. The van der Waals surface area contributed by atoms with E-state index < -0.39 is 0 Å². The van der Waals surface area contributed by atoms with E-state index in [4.69, 9.17) is 4.74 Å². The molecule has 5 N–H and O–H groups in total. The Morgan fingerprint density at radius 2 is 1.43 bits per heavy atom. The van der Waals surface area contributed by atoms with Crippen molar-refractivity contribution in [2.45, 2.75) is 57.5 Å². The van der Waals surface area contributed by atoms with Crippen LogP contribution in [0.2, 0.25) is 0 Å². The number of benzene rings is 1. The van der Waals surface area contributed by atoms with Crippen LogP contribution in [0.1, 0.15) is 43.2 Å². The molecule has 0 bridgehead atoms. The molecule has 0 fully saturated rings. The van der Waals surface area contributed by atoms with Crippen LogP contribution in [-0.2, 0) is 6.42 Å². The fourth-order valence-corrected chi connectivity index (χ4v) is 3.87. The summed E-state index contributed by atoms with van der Waals surface area (Å²) in [6.07, 6.45) is 7.11. The number of hydrogen-bond donors (Lipinski definition) is 5. The van der Waals surface area contributed by atoms with Gasteiger partial charge in [0.05, 0.1) is 12.1 Å². The highest BCUT2D eigenvalue weighted by Gasteiger charge is 2.14. The molecule has 0 saturated carbocycles. The molecule has 6 heteroatoms. The first kappa shape index (κ1) is 31.5. The van der Waals surface area contributed by atoms with Gasteiger partial charge in [-0.2, -0.15) is 0 Å². The molecule has 0 amide bonds. The van der Waals surface area contributed by atoms with E-state index in [-0.39, 0.29) is 12.1 Å². The van der Waals surface area contributed by atoms with Crippen LogP contribution < -0.4 is 31.3 Å². The van der Waals surface area contributed by atoms with Gasteiger partial charge in [-0.1, -0.05) is 45.0 Å². The van der Waals surface area contributed by atoms with Crippen molar-refractivity contribution in [1.29, 1.82) is 0 Å². The van der Waals surface area contributed by atoms with Crippen molar-refractivity contribution in [2.75, 3.05) is 27.7 Å². The number of likely N-dealkylation sites (N-methyl/N-ethyl adjacent to an activating group) is 2. The third-order valence-corrected chi connectivity index (χ3v) is 6.23. The first-order valence-corrected chi connectivity index (χ1v) is 12.9. The van der Waals surface area contributed by atoms with Gasteiger partial charge in [-0.25, -0.2) is 0 Å². The van der Waals surface area contributed by atoms with Gasteiger partial charge in [0.1, 0.15) is 12.4 Å². The number of ether oxygens (including phenoxy) is 1. The normalized spacial score (nSPS) is 11.9. The number of rotatable bonds is 21. The number of allylic oxidation sites excluding steroid dienone is 3. The van der Waals surface area contributed by atoms with Crippen molar-refractivity contribution in [3.8, 4) is 5.75 Å². The Labute approximate surface area is 225 Å². The summed E-state index contributed by atoms with van der Waals surface area (Å²) in [7, 11) is 5.66. The topological polar surface area (TPSA) is 69.4 Å². The SMILES string of the molecule is C=CCCC(NC(=C)COc1cc(C)cc(CCC(=C)NC(CCC(=C)NC)C(=C)NC)c1)C(=C)NC. The second kappa shape index (κ2) is 17.0. The Morgan fingerprint density at radius 1 is 0.811 bits per heavy atom. The van der Waals surface area contributed by atoms with Gasteiger partial charge < -0.3 is 31.3 Å². The van der Waals surface area contributed by atoms with E-state index in [0.29, 0.717) is 6.61 Å². The van der Waals surface area contributed by atoms with E-state index in [1.54, 1.807) is 0 Å². The standard InChI is InChI=1S/C31H49N5O/c1-11-12-13-30(26(6)33-9)36-25(5)21-37-29-19-22(2)18-28(20-29)16-14-24(4)35-31(27(7)34-10)17-15-23(3)32-8/h11,18-20,30-36H,1,3-7,12-17,21H2,2,8-10H3. The van der Waals surface area contributed by atoms with Gasteiger partial charge in [-0.15, -0.1) is 6.58 Å². The molecule has 1 aromatic carbocycles. The average Bonchev–Trinajstić information content (AvgIpc) is 2.89. The Hall–Kier alpha value is -3.54. The smallest absolute Gasteiger partial charge is 0.127 e. The highest BCUT2D eigenvalue weighted by molar-refractivity contribution is 5.34. The Kier molecular flexibility index (Phi) is 14.5. The predicted molar refractivity (Wildman–Crippen MR) is 160 cm³/mol. The summed E-state index contributed by atoms with van der Waals surface area (Å²) in [4.78, 5) is 0. The zero-order chi connectivity index (χ0) is 27.8. The highest BCUT2D eigenvalue weighted by atomic mass is 16.5. The minimum absolute atomic E-state index is 0.0739. The van der Waals surface area contributed by atoms with Crippen LogP contribution in [0.4, 0.5) is 0 Å². The lowest BCUT2D eigenvalue weighted by molar-refractivity contribution is 0.337. The fourth-order valence-electron chi connectivity index (χ4n) is 3.87. The summed E-state index contributed by atoms with van der Waals surface area (Å²) >= 11 is 0. The lowest BCUT2D eigenvalue weighted by Gasteiger charge is -2.24.